The minimum absolute atomic E-state index is 0.0290. The number of ether oxygens (including phenoxy) is 1. The fraction of sp³-hybridized carbons (Fsp3) is 0.538. The van der Waals surface area contributed by atoms with E-state index in [4.69, 9.17) is 4.74 Å². The minimum atomic E-state index is -1.16. The zero-order valence-corrected chi connectivity index (χ0v) is 10.1. The van der Waals surface area contributed by atoms with Crippen molar-refractivity contribution < 1.29 is 20.1 Å². The van der Waals surface area contributed by atoms with Gasteiger partial charge in [-0.15, -0.1) is 0 Å². The molecule has 0 aromatic heterocycles. The molecular weight excluding hydrogens is 234 g/mol. The van der Waals surface area contributed by atoms with Crippen LogP contribution in [0.15, 0.2) is 30.3 Å². The van der Waals surface area contributed by atoms with E-state index < -0.39 is 24.5 Å². The maximum absolute atomic E-state index is 9.71. The summed E-state index contributed by atoms with van der Waals surface area (Å²) in [7, 11) is 0. The van der Waals surface area contributed by atoms with Crippen molar-refractivity contribution in [3.05, 3.63) is 35.9 Å². The van der Waals surface area contributed by atoms with Gasteiger partial charge in [-0.05, 0) is 12.0 Å². The molecule has 1 fully saturated rings. The van der Waals surface area contributed by atoms with Gasteiger partial charge in [-0.3, -0.25) is 5.32 Å². The van der Waals surface area contributed by atoms with Crippen molar-refractivity contribution in [2.45, 2.75) is 31.0 Å². The van der Waals surface area contributed by atoms with Gasteiger partial charge in [0.1, 0.15) is 24.5 Å². The van der Waals surface area contributed by atoms with Crippen molar-refractivity contribution in [2.75, 3.05) is 13.2 Å². The van der Waals surface area contributed by atoms with Crippen molar-refractivity contribution in [1.82, 2.24) is 5.32 Å². The maximum Gasteiger partial charge on any atom is 0.137 e. The Bertz CT molecular complexity index is 359. The number of nitrogens with one attached hydrogen (secondary N) is 1. The summed E-state index contributed by atoms with van der Waals surface area (Å²) in [4.78, 5) is 0. The van der Waals surface area contributed by atoms with Crippen LogP contribution in [0.2, 0.25) is 0 Å². The van der Waals surface area contributed by atoms with Crippen LogP contribution < -0.4 is 5.32 Å². The lowest BCUT2D eigenvalue weighted by atomic mass is 10.0. The third-order valence-corrected chi connectivity index (χ3v) is 3.10. The fourth-order valence-corrected chi connectivity index (χ4v) is 1.99. The molecule has 1 aliphatic rings. The lowest BCUT2D eigenvalue weighted by molar-refractivity contribution is -0.194. The van der Waals surface area contributed by atoms with E-state index in [1.165, 1.54) is 5.56 Å². The van der Waals surface area contributed by atoms with E-state index in [1.54, 1.807) is 0 Å². The van der Waals surface area contributed by atoms with E-state index in [0.717, 1.165) is 6.42 Å². The quantitative estimate of drug-likeness (QED) is 0.568. The summed E-state index contributed by atoms with van der Waals surface area (Å²) in [6.07, 6.45) is -3.11. The topological polar surface area (TPSA) is 82.0 Å². The van der Waals surface area contributed by atoms with Crippen molar-refractivity contribution >= 4 is 0 Å². The molecule has 1 aromatic carbocycles. The van der Waals surface area contributed by atoms with Crippen LogP contribution in [0.3, 0.4) is 0 Å². The van der Waals surface area contributed by atoms with E-state index in [2.05, 4.69) is 5.32 Å². The molecule has 18 heavy (non-hydrogen) atoms. The first kappa shape index (κ1) is 13.5. The molecule has 1 aromatic rings. The Balaban J connectivity index is 1.77. The van der Waals surface area contributed by atoms with Crippen LogP contribution in [0.4, 0.5) is 0 Å². The van der Waals surface area contributed by atoms with Gasteiger partial charge in [-0.1, -0.05) is 30.3 Å². The Morgan fingerprint density at radius 2 is 1.83 bits per heavy atom. The smallest absolute Gasteiger partial charge is 0.137 e. The van der Waals surface area contributed by atoms with Crippen LogP contribution >= 0.6 is 0 Å². The van der Waals surface area contributed by atoms with Crippen molar-refractivity contribution in [3.8, 4) is 0 Å². The first-order chi connectivity index (χ1) is 8.68. The minimum Gasteiger partial charge on any atom is -0.388 e. The molecule has 4 N–H and O–H groups in total. The number of benzene rings is 1. The molecule has 0 amide bonds. The summed E-state index contributed by atoms with van der Waals surface area (Å²) in [6, 6.07) is 9.96. The number of aliphatic hydroxyl groups excluding tert-OH is 3. The van der Waals surface area contributed by atoms with Crippen LogP contribution in [0, 0.1) is 0 Å². The molecule has 0 saturated carbocycles. The second-order valence-corrected chi connectivity index (χ2v) is 4.49. The number of aliphatic hydroxyl groups is 3. The van der Waals surface area contributed by atoms with Gasteiger partial charge >= 0.3 is 0 Å². The number of rotatable bonds is 4. The standard InChI is InChI=1S/C13H19NO4/c15-10-8-18-13(12(17)11(10)16)14-7-6-9-4-2-1-3-5-9/h1-5,10-17H,6-8H2/t10-,11-,12+,13+/m1/s1. The summed E-state index contributed by atoms with van der Waals surface area (Å²) in [5, 5.41) is 31.6. The molecule has 0 spiro atoms. The van der Waals surface area contributed by atoms with Crippen LogP contribution in [-0.2, 0) is 11.2 Å². The monoisotopic (exact) mass is 253 g/mol. The average Bonchev–Trinajstić information content (AvgIpc) is 2.40. The summed E-state index contributed by atoms with van der Waals surface area (Å²) >= 11 is 0. The summed E-state index contributed by atoms with van der Waals surface area (Å²) in [5.41, 5.74) is 1.19. The highest BCUT2D eigenvalue weighted by atomic mass is 16.5. The predicted molar refractivity (Wildman–Crippen MR) is 65.9 cm³/mol. The summed E-state index contributed by atoms with van der Waals surface area (Å²) < 4.78 is 5.24. The van der Waals surface area contributed by atoms with Gasteiger partial charge in [0.25, 0.3) is 0 Å². The first-order valence-corrected chi connectivity index (χ1v) is 6.11. The molecule has 100 valence electrons. The van der Waals surface area contributed by atoms with E-state index in [9.17, 15) is 15.3 Å². The van der Waals surface area contributed by atoms with E-state index >= 15 is 0 Å². The first-order valence-electron chi connectivity index (χ1n) is 6.11. The highest BCUT2D eigenvalue weighted by molar-refractivity contribution is 5.14. The third-order valence-electron chi connectivity index (χ3n) is 3.10. The number of hydrogen-bond donors (Lipinski definition) is 4. The van der Waals surface area contributed by atoms with Crippen LogP contribution in [0.5, 0.6) is 0 Å². The molecule has 2 rings (SSSR count). The predicted octanol–water partition coefficient (Wildman–Crippen LogP) is -0.742. The Labute approximate surface area is 106 Å². The van der Waals surface area contributed by atoms with Gasteiger partial charge in [-0.25, -0.2) is 0 Å². The molecule has 1 saturated heterocycles. The average molecular weight is 253 g/mol. The van der Waals surface area contributed by atoms with Crippen LogP contribution in [-0.4, -0.2) is 53.0 Å². The molecule has 1 aliphatic heterocycles. The highest BCUT2D eigenvalue weighted by Crippen LogP contribution is 2.13. The molecule has 4 atom stereocenters. The summed E-state index contributed by atoms with van der Waals surface area (Å²) in [5.74, 6) is 0. The molecular formula is C13H19NO4. The molecule has 0 bridgehead atoms. The van der Waals surface area contributed by atoms with Gasteiger partial charge in [-0.2, -0.15) is 0 Å². The lowest BCUT2D eigenvalue weighted by Crippen LogP contribution is -2.58. The highest BCUT2D eigenvalue weighted by Gasteiger charge is 2.36. The lowest BCUT2D eigenvalue weighted by Gasteiger charge is -2.35. The van der Waals surface area contributed by atoms with Gasteiger partial charge in [0, 0.05) is 6.54 Å². The molecule has 5 heteroatoms. The SMILES string of the molecule is O[C@H]1[C@H](O)[C@@H](NCCc2ccccc2)OC[C@H]1O. The molecule has 0 unspecified atom stereocenters. The largest absolute Gasteiger partial charge is 0.388 e. The summed E-state index contributed by atoms with van der Waals surface area (Å²) in [6.45, 7) is 0.662. The van der Waals surface area contributed by atoms with Gasteiger partial charge in [0.15, 0.2) is 0 Å². The van der Waals surface area contributed by atoms with Crippen LogP contribution in [0.25, 0.3) is 0 Å². The Hall–Kier alpha value is -0.980. The number of hydrogen-bond acceptors (Lipinski definition) is 5. The van der Waals surface area contributed by atoms with Crippen LogP contribution in [0.1, 0.15) is 5.56 Å². The maximum atomic E-state index is 9.71. The second kappa shape index (κ2) is 6.26. The van der Waals surface area contributed by atoms with Gasteiger partial charge in [0.05, 0.1) is 6.61 Å². The van der Waals surface area contributed by atoms with E-state index in [-0.39, 0.29) is 6.61 Å². The van der Waals surface area contributed by atoms with Gasteiger partial charge in [0.2, 0.25) is 0 Å². The Morgan fingerprint density at radius 1 is 1.11 bits per heavy atom. The van der Waals surface area contributed by atoms with Crippen molar-refractivity contribution in [3.63, 3.8) is 0 Å². The van der Waals surface area contributed by atoms with E-state index in [0.29, 0.717) is 6.54 Å². The van der Waals surface area contributed by atoms with E-state index in [1.807, 2.05) is 30.3 Å². The van der Waals surface area contributed by atoms with Crippen molar-refractivity contribution in [2.24, 2.45) is 0 Å². The zero-order chi connectivity index (χ0) is 13.0. The third kappa shape index (κ3) is 3.28. The molecule has 1 heterocycles. The second-order valence-electron chi connectivity index (χ2n) is 4.49. The normalized spacial score (nSPS) is 32.4. The Kier molecular flexibility index (Phi) is 4.68. The zero-order valence-electron chi connectivity index (χ0n) is 10.1. The molecule has 0 radical (unpaired) electrons. The molecule has 0 aliphatic carbocycles. The molecule has 5 nitrogen and oxygen atoms in total. The van der Waals surface area contributed by atoms with Crippen molar-refractivity contribution in [1.29, 1.82) is 0 Å². The fourth-order valence-electron chi connectivity index (χ4n) is 1.99. The Morgan fingerprint density at radius 3 is 2.56 bits per heavy atom. The van der Waals surface area contributed by atoms with Gasteiger partial charge < -0.3 is 20.1 Å².